The highest BCUT2D eigenvalue weighted by Crippen LogP contribution is 2.33. The molecule has 3 heteroatoms. The molecule has 0 heterocycles. The molecule has 0 saturated heterocycles. The Morgan fingerprint density at radius 2 is 2.08 bits per heavy atom. The first-order valence-corrected chi connectivity index (χ1v) is 9.49. The number of rotatable bonds is 11. The molecule has 0 aliphatic heterocycles. The largest absolute Gasteiger partial charge is 0.481 e. The zero-order chi connectivity index (χ0) is 17.8. The third-order valence-corrected chi connectivity index (χ3v) is 4.69. The van der Waals surface area contributed by atoms with Crippen LogP contribution in [0.2, 0.25) is 0 Å². The first-order valence-electron chi connectivity index (χ1n) is 9.49. The van der Waals surface area contributed by atoms with Crippen molar-refractivity contribution in [1.29, 1.82) is 0 Å². The fourth-order valence-corrected chi connectivity index (χ4v) is 3.14. The quantitative estimate of drug-likeness (QED) is 0.400. The fraction of sp³-hybridized carbons (Fsp3) is 0.667. The normalized spacial score (nSPS) is 24.4. The maximum Gasteiger partial charge on any atom is 0.303 e. The Balaban J connectivity index is 2.47. The number of hydrogen-bond donors (Lipinski definition) is 2. The van der Waals surface area contributed by atoms with E-state index in [1.54, 1.807) is 0 Å². The van der Waals surface area contributed by atoms with E-state index in [0.29, 0.717) is 18.3 Å². The predicted octanol–water partition coefficient (Wildman–Crippen LogP) is 5.27. The van der Waals surface area contributed by atoms with Gasteiger partial charge in [0.05, 0.1) is 6.10 Å². The average molecular weight is 335 g/mol. The highest BCUT2D eigenvalue weighted by Gasteiger charge is 2.26. The number of aliphatic hydroxyl groups excluding tert-OH is 1. The molecular weight excluding hydrogens is 300 g/mol. The highest BCUT2D eigenvalue weighted by molar-refractivity contribution is 5.66. The van der Waals surface area contributed by atoms with Gasteiger partial charge < -0.3 is 10.2 Å². The third-order valence-electron chi connectivity index (χ3n) is 4.69. The second kappa shape index (κ2) is 12.1. The van der Waals surface area contributed by atoms with Crippen LogP contribution in [0.25, 0.3) is 0 Å². The van der Waals surface area contributed by atoms with Gasteiger partial charge >= 0.3 is 5.97 Å². The van der Waals surface area contributed by atoms with Gasteiger partial charge in [-0.05, 0) is 43.6 Å². The van der Waals surface area contributed by atoms with Gasteiger partial charge in [-0.3, -0.25) is 4.79 Å². The lowest BCUT2D eigenvalue weighted by Crippen LogP contribution is -2.05. The Morgan fingerprint density at radius 3 is 2.79 bits per heavy atom. The third kappa shape index (κ3) is 8.49. The topological polar surface area (TPSA) is 57.5 Å². The molecule has 136 valence electrons. The Kier molecular flexibility index (Phi) is 10.4. The molecule has 2 unspecified atom stereocenters. The summed E-state index contributed by atoms with van der Waals surface area (Å²) in [5.74, 6) is 0.200. The maximum atomic E-state index is 10.5. The molecule has 0 bridgehead atoms. The van der Waals surface area contributed by atoms with Crippen molar-refractivity contribution in [2.45, 2.75) is 77.7 Å². The standard InChI is InChI=1S/C21H34O3/c1-3-4-7-10-17(2)13-14-18-15-16-20(22)19(18)11-8-5-6-9-12-21(23)24/h5,8,11,13-14,17-18,20,22H,3-4,6-7,9-10,12,15-16H2,1-2H3,(H,23,24)/b8-5-,14-13+,19-11+/t17?,18-,20?/m0/s1. The van der Waals surface area contributed by atoms with Gasteiger partial charge in [-0.15, -0.1) is 0 Å². The van der Waals surface area contributed by atoms with E-state index in [1.165, 1.54) is 25.7 Å². The van der Waals surface area contributed by atoms with Crippen molar-refractivity contribution in [3.05, 3.63) is 36.0 Å². The summed E-state index contributed by atoms with van der Waals surface area (Å²) >= 11 is 0. The van der Waals surface area contributed by atoms with Crippen LogP contribution in [0.15, 0.2) is 36.0 Å². The number of hydrogen-bond acceptors (Lipinski definition) is 2. The van der Waals surface area contributed by atoms with Crippen molar-refractivity contribution in [3.63, 3.8) is 0 Å². The Morgan fingerprint density at radius 1 is 1.29 bits per heavy atom. The van der Waals surface area contributed by atoms with Crippen LogP contribution in [-0.2, 0) is 4.79 Å². The van der Waals surface area contributed by atoms with E-state index in [0.717, 1.165) is 24.8 Å². The average Bonchev–Trinajstić information content (AvgIpc) is 2.89. The number of carbonyl (C=O) groups is 1. The molecule has 1 fully saturated rings. The second-order valence-electron chi connectivity index (χ2n) is 6.94. The zero-order valence-electron chi connectivity index (χ0n) is 15.3. The molecule has 1 aliphatic carbocycles. The van der Waals surface area contributed by atoms with Crippen LogP contribution in [0.4, 0.5) is 0 Å². The molecule has 0 aromatic carbocycles. The van der Waals surface area contributed by atoms with Gasteiger partial charge in [0.15, 0.2) is 0 Å². The minimum Gasteiger partial charge on any atom is -0.481 e. The lowest BCUT2D eigenvalue weighted by Gasteiger charge is -2.11. The lowest BCUT2D eigenvalue weighted by molar-refractivity contribution is -0.137. The van der Waals surface area contributed by atoms with Crippen LogP contribution in [-0.4, -0.2) is 22.3 Å². The molecule has 0 aromatic rings. The Hall–Kier alpha value is -1.35. The van der Waals surface area contributed by atoms with E-state index in [4.69, 9.17) is 5.11 Å². The number of allylic oxidation sites excluding steroid dienone is 5. The van der Waals surface area contributed by atoms with Gasteiger partial charge in [-0.1, -0.05) is 63.5 Å². The van der Waals surface area contributed by atoms with Gasteiger partial charge in [0.1, 0.15) is 0 Å². The summed E-state index contributed by atoms with van der Waals surface area (Å²) < 4.78 is 0. The molecular formula is C21H34O3. The van der Waals surface area contributed by atoms with Crippen molar-refractivity contribution in [2.75, 3.05) is 0 Å². The molecule has 0 spiro atoms. The second-order valence-corrected chi connectivity index (χ2v) is 6.94. The Bertz CT molecular complexity index is 448. The van der Waals surface area contributed by atoms with Gasteiger partial charge in [-0.2, -0.15) is 0 Å². The first-order chi connectivity index (χ1) is 11.5. The number of aliphatic carboxylic acids is 1. The molecule has 1 saturated carbocycles. The van der Waals surface area contributed by atoms with E-state index < -0.39 is 5.97 Å². The van der Waals surface area contributed by atoms with Gasteiger partial charge in [0.25, 0.3) is 0 Å². The zero-order valence-corrected chi connectivity index (χ0v) is 15.3. The van der Waals surface area contributed by atoms with Gasteiger partial charge in [0.2, 0.25) is 0 Å². The predicted molar refractivity (Wildman–Crippen MR) is 99.9 cm³/mol. The molecule has 0 amide bonds. The lowest BCUT2D eigenvalue weighted by atomic mass is 9.96. The number of aliphatic hydroxyl groups is 1. The number of unbranched alkanes of at least 4 members (excludes halogenated alkanes) is 3. The summed E-state index contributed by atoms with van der Waals surface area (Å²) in [7, 11) is 0. The molecule has 3 atom stereocenters. The van der Waals surface area contributed by atoms with Crippen LogP contribution < -0.4 is 0 Å². The van der Waals surface area contributed by atoms with E-state index >= 15 is 0 Å². The molecule has 3 nitrogen and oxygen atoms in total. The fourth-order valence-electron chi connectivity index (χ4n) is 3.14. The van der Waals surface area contributed by atoms with Crippen molar-refractivity contribution in [1.82, 2.24) is 0 Å². The van der Waals surface area contributed by atoms with Gasteiger partial charge in [-0.25, -0.2) is 0 Å². The van der Waals surface area contributed by atoms with Crippen molar-refractivity contribution in [2.24, 2.45) is 11.8 Å². The summed E-state index contributed by atoms with van der Waals surface area (Å²) in [6, 6.07) is 0. The summed E-state index contributed by atoms with van der Waals surface area (Å²) in [4.78, 5) is 10.5. The highest BCUT2D eigenvalue weighted by atomic mass is 16.4. The molecule has 1 rings (SSSR count). The van der Waals surface area contributed by atoms with Crippen LogP contribution in [0.3, 0.4) is 0 Å². The molecule has 0 radical (unpaired) electrons. The van der Waals surface area contributed by atoms with Crippen LogP contribution in [0.1, 0.15) is 71.6 Å². The minimum atomic E-state index is -0.744. The summed E-state index contributed by atoms with van der Waals surface area (Å²) in [5.41, 5.74) is 1.10. The van der Waals surface area contributed by atoms with Crippen LogP contribution >= 0.6 is 0 Å². The van der Waals surface area contributed by atoms with E-state index in [1.807, 2.05) is 18.2 Å². The Labute approximate surface area is 147 Å². The molecule has 1 aliphatic rings. The molecule has 0 aromatic heterocycles. The van der Waals surface area contributed by atoms with Gasteiger partial charge in [0, 0.05) is 12.3 Å². The SMILES string of the molecule is CCCCCC(C)/C=C/[C@H]1CCC(O)/C1=C/C=C\CCCC(=O)O. The van der Waals surface area contributed by atoms with E-state index in [-0.39, 0.29) is 12.5 Å². The maximum absolute atomic E-state index is 10.5. The smallest absolute Gasteiger partial charge is 0.303 e. The summed E-state index contributed by atoms with van der Waals surface area (Å²) in [6.07, 6.45) is 18.8. The molecule has 2 N–H and O–H groups in total. The van der Waals surface area contributed by atoms with Crippen molar-refractivity contribution < 1.29 is 15.0 Å². The van der Waals surface area contributed by atoms with Crippen molar-refractivity contribution in [3.8, 4) is 0 Å². The van der Waals surface area contributed by atoms with Crippen LogP contribution in [0.5, 0.6) is 0 Å². The number of carboxylic acids is 1. The monoisotopic (exact) mass is 334 g/mol. The number of carboxylic acid groups (broad SMARTS) is 1. The van der Waals surface area contributed by atoms with E-state index in [9.17, 15) is 9.90 Å². The van der Waals surface area contributed by atoms with Crippen LogP contribution in [0, 0.1) is 11.8 Å². The van der Waals surface area contributed by atoms with E-state index in [2.05, 4.69) is 26.0 Å². The summed E-state index contributed by atoms with van der Waals surface area (Å²) in [5, 5.41) is 18.8. The minimum absolute atomic E-state index is 0.213. The van der Waals surface area contributed by atoms with Crippen molar-refractivity contribution >= 4 is 5.97 Å². The molecule has 24 heavy (non-hydrogen) atoms. The summed E-state index contributed by atoms with van der Waals surface area (Å²) in [6.45, 7) is 4.50. The first kappa shape index (κ1) is 20.7.